The van der Waals surface area contributed by atoms with E-state index < -0.39 is 0 Å². The Morgan fingerprint density at radius 3 is 2.76 bits per heavy atom. The summed E-state index contributed by atoms with van der Waals surface area (Å²) in [4.78, 5) is 12.5. The molecule has 0 saturated carbocycles. The third-order valence-corrected chi connectivity index (χ3v) is 3.47. The zero-order valence-corrected chi connectivity index (χ0v) is 14.0. The van der Waals surface area contributed by atoms with E-state index in [-0.39, 0.29) is 11.9 Å². The van der Waals surface area contributed by atoms with Gasteiger partial charge in [0, 0.05) is 16.7 Å². The van der Waals surface area contributed by atoms with Gasteiger partial charge in [-0.25, -0.2) is 0 Å². The highest BCUT2D eigenvalue weighted by Gasteiger charge is 2.16. The Labute approximate surface area is 133 Å². The van der Waals surface area contributed by atoms with Gasteiger partial charge in [-0.3, -0.25) is 4.79 Å². The Morgan fingerprint density at radius 1 is 1.38 bits per heavy atom. The molecule has 0 fully saturated rings. The van der Waals surface area contributed by atoms with Crippen molar-refractivity contribution in [3.63, 3.8) is 0 Å². The molecule has 4 nitrogen and oxygen atoms in total. The molecule has 0 unspecified atom stereocenters. The van der Waals surface area contributed by atoms with Crippen LogP contribution in [0.3, 0.4) is 0 Å². The third-order valence-electron chi connectivity index (χ3n) is 3.04. The van der Waals surface area contributed by atoms with Crippen molar-refractivity contribution in [3.8, 4) is 5.75 Å². The molecule has 1 aromatic heterocycles. The van der Waals surface area contributed by atoms with Crippen LogP contribution in [0.4, 0.5) is 5.69 Å². The molecule has 0 aliphatic heterocycles. The predicted molar refractivity (Wildman–Crippen MR) is 88.1 cm³/mol. The van der Waals surface area contributed by atoms with Crippen LogP contribution in [0.2, 0.25) is 0 Å². The second-order valence-electron chi connectivity index (χ2n) is 4.93. The van der Waals surface area contributed by atoms with E-state index in [0.29, 0.717) is 23.7 Å². The first-order valence-electron chi connectivity index (χ1n) is 6.93. The lowest BCUT2D eigenvalue weighted by molar-refractivity contribution is 0.101. The number of hydrogen-bond donors (Lipinski definition) is 1. The lowest BCUT2D eigenvalue weighted by atomic mass is 10.2. The van der Waals surface area contributed by atoms with Gasteiger partial charge in [-0.2, -0.15) is 0 Å². The van der Waals surface area contributed by atoms with E-state index in [0.717, 1.165) is 4.47 Å². The minimum absolute atomic E-state index is 0.151. The Bertz CT molecular complexity index is 635. The minimum atomic E-state index is -0.151. The van der Waals surface area contributed by atoms with Crippen molar-refractivity contribution in [1.82, 2.24) is 4.57 Å². The normalized spacial score (nSPS) is 10.7. The summed E-state index contributed by atoms with van der Waals surface area (Å²) in [6.07, 6.45) is 1.91. The van der Waals surface area contributed by atoms with Crippen LogP contribution in [0.5, 0.6) is 5.75 Å². The van der Waals surface area contributed by atoms with E-state index in [4.69, 9.17) is 4.74 Å². The number of carbonyl (C=O) groups is 1. The number of halogens is 1. The predicted octanol–water partition coefficient (Wildman–Crippen LogP) is 4.48. The van der Waals surface area contributed by atoms with Crippen LogP contribution in [0.1, 0.15) is 37.3 Å². The fourth-order valence-corrected chi connectivity index (χ4v) is 2.53. The summed E-state index contributed by atoms with van der Waals surface area (Å²) in [5, 5.41) is 2.91. The van der Waals surface area contributed by atoms with Crippen molar-refractivity contribution in [1.29, 1.82) is 0 Å². The molecular formula is C16H19BrN2O2. The van der Waals surface area contributed by atoms with E-state index in [1.807, 2.05) is 61.9 Å². The number of carbonyl (C=O) groups excluding carboxylic acids is 1. The molecule has 1 heterocycles. The summed E-state index contributed by atoms with van der Waals surface area (Å²) in [6.45, 7) is 6.55. The number of rotatable bonds is 5. The Balaban J connectivity index is 2.26. The van der Waals surface area contributed by atoms with E-state index >= 15 is 0 Å². The highest BCUT2D eigenvalue weighted by molar-refractivity contribution is 9.10. The molecule has 1 aromatic carbocycles. The molecule has 112 valence electrons. The highest BCUT2D eigenvalue weighted by Crippen LogP contribution is 2.26. The quantitative estimate of drug-likeness (QED) is 0.863. The van der Waals surface area contributed by atoms with Gasteiger partial charge in [0.05, 0.1) is 12.3 Å². The van der Waals surface area contributed by atoms with Crippen LogP contribution in [-0.4, -0.2) is 17.1 Å². The summed E-state index contributed by atoms with van der Waals surface area (Å²) in [5.74, 6) is 0.525. The lowest BCUT2D eigenvalue weighted by Crippen LogP contribution is -2.18. The van der Waals surface area contributed by atoms with Gasteiger partial charge >= 0.3 is 0 Å². The molecule has 0 saturated heterocycles. The maximum absolute atomic E-state index is 12.5. The molecule has 0 atom stereocenters. The van der Waals surface area contributed by atoms with Crippen LogP contribution in [0, 0.1) is 0 Å². The van der Waals surface area contributed by atoms with Gasteiger partial charge in [0.25, 0.3) is 5.91 Å². The SMILES string of the molecule is CCOc1ccccc1NC(=O)c1cc(Br)cn1C(C)C. The molecule has 1 amide bonds. The number of hydrogen-bond acceptors (Lipinski definition) is 2. The molecule has 21 heavy (non-hydrogen) atoms. The topological polar surface area (TPSA) is 43.3 Å². The van der Waals surface area contributed by atoms with Crippen molar-refractivity contribution in [2.45, 2.75) is 26.8 Å². The maximum atomic E-state index is 12.5. The van der Waals surface area contributed by atoms with Gasteiger partial charge in [0.1, 0.15) is 11.4 Å². The zero-order chi connectivity index (χ0) is 15.4. The van der Waals surface area contributed by atoms with E-state index in [1.54, 1.807) is 0 Å². The highest BCUT2D eigenvalue weighted by atomic mass is 79.9. The van der Waals surface area contributed by atoms with Crippen LogP contribution in [0.15, 0.2) is 41.0 Å². The van der Waals surface area contributed by atoms with Crippen molar-refractivity contribution < 1.29 is 9.53 Å². The first-order valence-corrected chi connectivity index (χ1v) is 7.72. The Kier molecular flexibility index (Phi) is 5.07. The number of aromatic nitrogens is 1. The zero-order valence-electron chi connectivity index (χ0n) is 12.4. The second-order valence-corrected chi connectivity index (χ2v) is 5.84. The number of nitrogens with one attached hydrogen (secondary N) is 1. The van der Waals surface area contributed by atoms with Crippen molar-refractivity contribution >= 4 is 27.5 Å². The smallest absolute Gasteiger partial charge is 0.272 e. The molecule has 1 N–H and O–H groups in total. The van der Waals surface area contributed by atoms with Crippen LogP contribution in [0.25, 0.3) is 0 Å². The second kappa shape index (κ2) is 6.80. The summed E-state index contributed by atoms with van der Waals surface area (Å²) in [5.41, 5.74) is 1.29. The minimum Gasteiger partial charge on any atom is -0.492 e. The van der Waals surface area contributed by atoms with Crippen LogP contribution < -0.4 is 10.1 Å². The first-order chi connectivity index (χ1) is 10.0. The number of para-hydroxylation sites is 2. The number of nitrogens with zero attached hydrogens (tertiary/aromatic N) is 1. The molecule has 2 aromatic rings. The maximum Gasteiger partial charge on any atom is 0.272 e. The lowest BCUT2D eigenvalue weighted by Gasteiger charge is -2.14. The van der Waals surface area contributed by atoms with Gasteiger partial charge in [0.15, 0.2) is 0 Å². The van der Waals surface area contributed by atoms with Crippen LogP contribution in [-0.2, 0) is 0 Å². The monoisotopic (exact) mass is 350 g/mol. The third kappa shape index (κ3) is 3.67. The van der Waals surface area contributed by atoms with Gasteiger partial charge in [-0.05, 0) is 54.9 Å². The Morgan fingerprint density at radius 2 is 2.10 bits per heavy atom. The fourth-order valence-electron chi connectivity index (χ4n) is 2.09. The number of benzene rings is 1. The Hall–Kier alpha value is -1.75. The first kappa shape index (κ1) is 15.6. The van der Waals surface area contributed by atoms with Gasteiger partial charge < -0.3 is 14.6 Å². The number of anilines is 1. The van der Waals surface area contributed by atoms with Crippen molar-refractivity contribution in [3.05, 3.63) is 46.7 Å². The summed E-state index contributed by atoms with van der Waals surface area (Å²) in [6, 6.07) is 9.46. The standard InChI is InChI=1S/C16H19BrN2O2/c1-4-21-15-8-6-5-7-13(15)18-16(20)14-9-12(17)10-19(14)11(2)3/h5-11H,4H2,1-3H3,(H,18,20). The largest absolute Gasteiger partial charge is 0.492 e. The molecule has 0 aliphatic carbocycles. The van der Waals surface area contributed by atoms with Gasteiger partial charge in [-0.1, -0.05) is 12.1 Å². The van der Waals surface area contributed by atoms with Gasteiger partial charge in [0.2, 0.25) is 0 Å². The molecule has 0 spiro atoms. The van der Waals surface area contributed by atoms with Crippen LogP contribution >= 0.6 is 15.9 Å². The van der Waals surface area contributed by atoms with Gasteiger partial charge in [-0.15, -0.1) is 0 Å². The molecule has 0 bridgehead atoms. The van der Waals surface area contributed by atoms with E-state index in [2.05, 4.69) is 21.2 Å². The summed E-state index contributed by atoms with van der Waals surface area (Å²) in [7, 11) is 0. The van der Waals surface area contributed by atoms with Crippen molar-refractivity contribution in [2.24, 2.45) is 0 Å². The summed E-state index contributed by atoms with van der Waals surface area (Å²) >= 11 is 3.42. The number of amides is 1. The van der Waals surface area contributed by atoms with E-state index in [9.17, 15) is 4.79 Å². The average molecular weight is 351 g/mol. The number of ether oxygens (including phenoxy) is 1. The molecule has 0 aliphatic rings. The summed E-state index contributed by atoms with van der Waals surface area (Å²) < 4.78 is 8.35. The average Bonchev–Trinajstić information content (AvgIpc) is 2.84. The molecule has 0 radical (unpaired) electrons. The molecular weight excluding hydrogens is 332 g/mol. The van der Waals surface area contributed by atoms with Crippen molar-refractivity contribution in [2.75, 3.05) is 11.9 Å². The molecule has 2 rings (SSSR count). The van der Waals surface area contributed by atoms with E-state index in [1.165, 1.54) is 0 Å². The fraction of sp³-hybridized carbons (Fsp3) is 0.312. The molecule has 5 heteroatoms.